The molecule has 1 atom stereocenters. The lowest BCUT2D eigenvalue weighted by Gasteiger charge is -2.35. The Morgan fingerprint density at radius 2 is 2.00 bits per heavy atom. The Labute approximate surface area is 160 Å². The monoisotopic (exact) mass is 400 g/mol. The normalized spacial score (nSPS) is 17.2. The molecule has 2 rings (SSSR count). The van der Waals surface area contributed by atoms with Crippen LogP contribution in [0, 0.1) is 0 Å². The largest absolute Gasteiger partial charge is 0.481 e. The Hall–Kier alpha value is -2.25. The van der Waals surface area contributed by atoms with E-state index in [1.807, 2.05) is 0 Å². The van der Waals surface area contributed by atoms with Gasteiger partial charge in [0.1, 0.15) is 0 Å². The highest BCUT2D eigenvalue weighted by molar-refractivity contribution is 6.42. The number of urea groups is 1. The number of esters is 1. The molecule has 1 aliphatic rings. The van der Waals surface area contributed by atoms with E-state index in [2.05, 4.69) is 5.32 Å². The standard InChI is InChI=1S/C17H18Cl2N2O5/c1-9-14(16(24)26-2)15(10-5-6-11(18)12(19)8-10)20-17(25)21(9)7-3-4-13(22)23/h5-6,8,15H,3-4,7H2,1-2H3,(H,20,25)(H,22,23). The first-order valence-corrected chi connectivity index (χ1v) is 8.55. The zero-order chi connectivity index (χ0) is 19.4. The molecule has 2 N–H and O–H groups in total. The van der Waals surface area contributed by atoms with Gasteiger partial charge in [0.15, 0.2) is 0 Å². The molecule has 0 spiro atoms. The molecule has 0 saturated heterocycles. The van der Waals surface area contributed by atoms with Gasteiger partial charge in [0.05, 0.1) is 28.8 Å². The summed E-state index contributed by atoms with van der Waals surface area (Å²) in [5.74, 6) is -1.55. The lowest BCUT2D eigenvalue weighted by Crippen LogP contribution is -2.48. The summed E-state index contributed by atoms with van der Waals surface area (Å²) in [5.41, 5.74) is 1.24. The minimum atomic E-state index is -0.953. The second-order valence-electron chi connectivity index (χ2n) is 5.70. The summed E-state index contributed by atoms with van der Waals surface area (Å²) in [7, 11) is 1.25. The van der Waals surface area contributed by atoms with Gasteiger partial charge in [-0.05, 0) is 31.0 Å². The van der Waals surface area contributed by atoms with E-state index in [0.717, 1.165) is 0 Å². The third-order valence-corrected chi connectivity index (χ3v) is 4.79. The SMILES string of the molecule is COC(=O)C1=C(C)N(CCCC(=O)O)C(=O)NC1c1ccc(Cl)c(Cl)c1. The number of carbonyl (C=O) groups excluding carboxylic acids is 2. The highest BCUT2D eigenvalue weighted by Gasteiger charge is 2.36. The van der Waals surface area contributed by atoms with Gasteiger partial charge in [0.2, 0.25) is 0 Å². The maximum absolute atomic E-state index is 12.5. The van der Waals surface area contributed by atoms with Crippen molar-refractivity contribution in [2.75, 3.05) is 13.7 Å². The van der Waals surface area contributed by atoms with Gasteiger partial charge in [-0.15, -0.1) is 0 Å². The first kappa shape index (κ1) is 20.1. The van der Waals surface area contributed by atoms with E-state index >= 15 is 0 Å². The predicted molar refractivity (Wildman–Crippen MR) is 96.0 cm³/mol. The number of amides is 2. The molecule has 1 aromatic rings. The van der Waals surface area contributed by atoms with Gasteiger partial charge in [-0.2, -0.15) is 0 Å². The lowest BCUT2D eigenvalue weighted by molar-refractivity contribution is -0.138. The van der Waals surface area contributed by atoms with Crippen LogP contribution in [0.5, 0.6) is 0 Å². The quantitative estimate of drug-likeness (QED) is 0.713. The number of rotatable bonds is 6. The number of allylic oxidation sites excluding steroid dienone is 1. The van der Waals surface area contributed by atoms with Crippen molar-refractivity contribution in [2.45, 2.75) is 25.8 Å². The Kier molecular flexibility index (Phi) is 6.50. The second kappa shape index (κ2) is 8.42. The molecule has 1 unspecified atom stereocenters. The van der Waals surface area contributed by atoms with Crippen molar-refractivity contribution in [1.29, 1.82) is 0 Å². The number of benzene rings is 1. The van der Waals surface area contributed by atoms with E-state index in [4.69, 9.17) is 33.0 Å². The summed E-state index contributed by atoms with van der Waals surface area (Å²) in [4.78, 5) is 36.9. The summed E-state index contributed by atoms with van der Waals surface area (Å²) in [6.07, 6.45) is 0.173. The maximum atomic E-state index is 12.5. The fraction of sp³-hybridized carbons (Fsp3) is 0.353. The number of carboxylic acids is 1. The number of carboxylic acid groups (broad SMARTS) is 1. The molecule has 0 saturated carbocycles. The van der Waals surface area contributed by atoms with Crippen molar-refractivity contribution in [3.63, 3.8) is 0 Å². The van der Waals surface area contributed by atoms with Crippen LogP contribution in [0.4, 0.5) is 4.79 Å². The number of aliphatic carboxylic acids is 1. The number of methoxy groups -OCH3 is 1. The first-order valence-electron chi connectivity index (χ1n) is 7.80. The van der Waals surface area contributed by atoms with Crippen molar-refractivity contribution in [3.8, 4) is 0 Å². The van der Waals surface area contributed by atoms with E-state index in [0.29, 0.717) is 21.3 Å². The first-order chi connectivity index (χ1) is 12.3. The molecule has 1 aromatic carbocycles. The van der Waals surface area contributed by atoms with Crippen LogP contribution < -0.4 is 5.32 Å². The summed E-state index contributed by atoms with van der Waals surface area (Å²) in [5, 5.41) is 12.2. The molecule has 0 aliphatic carbocycles. The molecule has 9 heteroatoms. The average molecular weight is 401 g/mol. The van der Waals surface area contributed by atoms with Crippen LogP contribution in [0.25, 0.3) is 0 Å². The van der Waals surface area contributed by atoms with E-state index in [1.54, 1.807) is 25.1 Å². The van der Waals surface area contributed by atoms with Gasteiger partial charge in [-0.25, -0.2) is 9.59 Å². The summed E-state index contributed by atoms with van der Waals surface area (Å²) >= 11 is 12.0. The lowest BCUT2D eigenvalue weighted by atomic mass is 9.95. The molecule has 0 fully saturated rings. The summed E-state index contributed by atoms with van der Waals surface area (Å²) < 4.78 is 4.86. The van der Waals surface area contributed by atoms with E-state index < -0.39 is 24.0 Å². The Morgan fingerprint density at radius 1 is 1.31 bits per heavy atom. The van der Waals surface area contributed by atoms with Crippen LogP contribution in [0.1, 0.15) is 31.4 Å². The highest BCUT2D eigenvalue weighted by Crippen LogP contribution is 2.34. The Morgan fingerprint density at radius 3 is 2.58 bits per heavy atom. The van der Waals surface area contributed by atoms with Crippen molar-refractivity contribution < 1.29 is 24.2 Å². The molecule has 0 radical (unpaired) electrons. The zero-order valence-corrected chi connectivity index (χ0v) is 15.7. The summed E-state index contributed by atoms with van der Waals surface area (Å²) in [6.45, 7) is 1.79. The topological polar surface area (TPSA) is 95.9 Å². The van der Waals surface area contributed by atoms with Gasteiger partial charge in [0.25, 0.3) is 0 Å². The number of hydrogen-bond donors (Lipinski definition) is 2. The molecule has 1 aliphatic heterocycles. The molecule has 1 heterocycles. The van der Waals surface area contributed by atoms with Crippen LogP contribution in [-0.2, 0) is 14.3 Å². The molecule has 0 bridgehead atoms. The second-order valence-corrected chi connectivity index (χ2v) is 6.51. The zero-order valence-electron chi connectivity index (χ0n) is 14.2. The van der Waals surface area contributed by atoms with Crippen LogP contribution in [0.3, 0.4) is 0 Å². The number of ether oxygens (including phenoxy) is 1. The number of nitrogens with zero attached hydrogens (tertiary/aromatic N) is 1. The smallest absolute Gasteiger partial charge is 0.337 e. The van der Waals surface area contributed by atoms with Crippen LogP contribution >= 0.6 is 23.2 Å². The molecule has 140 valence electrons. The molecular formula is C17H18Cl2N2O5. The molecule has 26 heavy (non-hydrogen) atoms. The van der Waals surface area contributed by atoms with Gasteiger partial charge in [0, 0.05) is 18.7 Å². The van der Waals surface area contributed by atoms with E-state index in [9.17, 15) is 14.4 Å². The third kappa shape index (κ3) is 4.28. The number of halogens is 2. The molecule has 2 amide bonds. The highest BCUT2D eigenvalue weighted by atomic mass is 35.5. The fourth-order valence-electron chi connectivity index (χ4n) is 2.76. The van der Waals surface area contributed by atoms with Gasteiger partial charge in [-0.1, -0.05) is 29.3 Å². The van der Waals surface area contributed by atoms with E-state index in [-0.39, 0.29) is 25.0 Å². The van der Waals surface area contributed by atoms with Crippen LogP contribution in [0.2, 0.25) is 10.0 Å². The minimum Gasteiger partial charge on any atom is -0.481 e. The van der Waals surface area contributed by atoms with Crippen molar-refractivity contribution in [3.05, 3.63) is 45.1 Å². The minimum absolute atomic E-state index is 0.0825. The molecule has 0 aromatic heterocycles. The van der Waals surface area contributed by atoms with Gasteiger partial charge >= 0.3 is 18.0 Å². The number of carbonyl (C=O) groups is 3. The number of nitrogens with one attached hydrogen (secondary N) is 1. The predicted octanol–water partition coefficient (Wildman–Crippen LogP) is 3.37. The van der Waals surface area contributed by atoms with Crippen molar-refractivity contribution in [1.82, 2.24) is 10.2 Å². The Bertz CT molecular complexity index is 778. The van der Waals surface area contributed by atoms with Crippen molar-refractivity contribution in [2.24, 2.45) is 0 Å². The molecular weight excluding hydrogens is 383 g/mol. The maximum Gasteiger partial charge on any atom is 0.337 e. The van der Waals surface area contributed by atoms with Crippen LogP contribution in [-0.4, -0.2) is 41.6 Å². The van der Waals surface area contributed by atoms with E-state index in [1.165, 1.54) is 12.0 Å². The molecule has 7 nitrogen and oxygen atoms in total. The Balaban J connectivity index is 2.41. The summed E-state index contributed by atoms with van der Waals surface area (Å²) in [6, 6.07) is 3.63. The number of hydrogen-bond acceptors (Lipinski definition) is 4. The van der Waals surface area contributed by atoms with Gasteiger partial charge < -0.3 is 15.2 Å². The average Bonchev–Trinajstić information content (AvgIpc) is 2.58. The third-order valence-electron chi connectivity index (χ3n) is 4.05. The van der Waals surface area contributed by atoms with Crippen molar-refractivity contribution >= 4 is 41.2 Å². The fourth-order valence-corrected chi connectivity index (χ4v) is 3.06. The van der Waals surface area contributed by atoms with Gasteiger partial charge in [-0.3, -0.25) is 9.69 Å². The van der Waals surface area contributed by atoms with Crippen LogP contribution in [0.15, 0.2) is 29.5 Å².